The second kappa shape index (κ2) is 10.1. The lowest BCUT2D eigenvalue weighted by atomic mass is 10.1. The zero-order chi connectivity index (χ0) is 24.3. The van der Waals surface area contributed by atoms with Crippen molar-refractivity contribution in [2.75, 3.05) is 17.2 Å². The number of nitrogens with zero attached hydrogens (tertiary/aromatic N) is 1. The van der Waals surface area contributed by atoms with Crippen molar-refractivity contribution in [2.24, 2.45) is 0 Å². The quantitative estimate of drug-likeness (QED) is 0.494. The van der Waals surface area contributed by atoms with Gasteiger partial charge in [-0.2, -0.15) is 4.31 Å². The molecule has 1 fully saturated rings. The third-order valence-corrected chi connectivity index (χ3v) is 8.80. The Morgan fingerprint density at radius 2 is 1.71 bits per heavy atom. The van der Waals surface area contributed by atoms with E-state index < -0.39 is 15.9 Å². The number of hydrogen-bond acceptors (Lipinski definition) is 5. The number of thiophene rings is 1. The van der Waals surface area contributed by atoms with E-state index in [0.717, 1.165) is 19.3 Å². The summed E-state index contributed by atoms with van der Waals surface area (Å²) in [5.41, 5.74) is 2.00. The average molecular weight is 498 g/mol. The highest BCUT2D eigenvalue weighted by Gasteiger charge is 2.31. The summed E-state index contributed by atoms with van der Waals surface area (Å²) in [5.74, 6) is -0.637. The van der Waals surface area contributed by atoms with Crippen LogP contribution >= 0.6 is 11.3 Å². The molecule has 2 heterocycles. The Labute approximate surface area is 203 Å². The van der Waals surface area contributed by atoms with E-state index in [0.29, 0.717) is 33.9 Å². The van der Waals surface area contributed by atoms with Gasteiger partial charge in [0.1, 0.15) is 0 Å². The monoisotopic (exact) mass is 497 g/mol. The lowest BCUT2D eigenvalue weighted by Crippen LogP contribution is -2.42. The molecular formula is C25H27N3O4S2. The van der Waals surface area contributed by atoms with Gasteiger partial charge in [0, 0.05) is 29.5 Å². The van der Waals surface area contributed by atoms with Gasteiger partial charge in [-0.15, -0.1) is 11.3 Å². The molecule has 1 aliphatic rings. The number of benzene rings is 2. The van der Waals surface area contributed by atoms with Crippen LogP contribution in [-0.2, 0) is 10.0 Å². The van der Waals surface area contributed by atoms with Gasteiger partial charge < -0.3 is 10.6 Å². The maximum Gasteiger partial charge on any atom is 0.265 e. The van der Waals surface area contributed by atoms with Gasteiger partial charge in [0.05, 0.1) is 9.77 Å². The Morgan fingerprint density at radius 3 is 2.38 bits per heavy atom. The first kappa shape index (κ1) is 24.1. The lowest BCUT2D eigenvalue weighted by Gasteiger charge is -2.32. The van der Waals surface area contributed by atoms with Crippen LogP contribution in [0.4, 0.5) is 11.4 Å². The Balaban J connectivity index is 1.53. The fourth-order valence-corrected chi connectivity index (χ4v) is 6.39. The van der Waals surface area contributed by atoms with Crippen LogP contribution in [0, 0.1) is 6.92 Å². The van der Waals surface area contributed by atoms with Crippen molar-refractivity contribution in [3.8, 4) is 0 Å². The van der Waals surface area contributed by atoms with Crippen LogP contribution < -0.4 is 10.6 Å². The largest absolute Gasteiger partial charge is 0.322 e. The SMILES string of the molecule is Cc1ccc(S(=O)(=O)N2CCCCC2C)cc1C(=O)Nc1cccc(NC(=O)c2cccs2)c1. The predicted octanol–water partition coefficient (Wildman–Crippen LogP) is 5.12. The van der Waals surface area contributed by atoms with Crippen molar-refractivity contribution in [3.05, 3.63) is 76.0 Å². The number of hydrogen-bond donors (Lipinski definition) is 2. The van der Waals surface area contributed by atoms with Gasteiger partial charge in [0.25, 0.3) is 11.8 Å². The van der Waals surface area contributed by atoms with Crippen LogP contribution in [0.5, 0.6) is 0 Å². The van der Waals surface area contributed by atoms with Crippen molar-refractivity contribution in [3.63, 3.8) is 0 Å². The van der Waals surface area contributed by atoms with Gasteiger partial charge in [-0.3, -0.25) is 9.59 Å². The van der Waals surface area contributed by atoms with E-state index in [1.807, 2.05) is 12.3 Å². The highest BCUT2D eigenvalue weighted by molar-refractivity contribution is 7.89. The first-order chi connectivity index (χ1) is 16.3. The minimum atomic E-state index is -3.69. The summed E-state index contributed by atoms with van der Waals surface area (Å²) in [6, 6.07) is 15.0. The van der Waals surface area contributed by atoms with E-state index in [9.17, 15) is 18.0 Å². The average Bonchev–Trinajstić information content (AvgIpc) is 3.35. The Hall–Kier alpha value is -3.01. The minimum Gasteiger partial charge on any atom is -0.322 e. The summed E-state index contributed by atoms with van der Waals surface area (Å²) in [4.78, 5) is 26.1. The van der Waals surface area contributed by atoms with Gasteiger partial charge in [0.15, 0.2) is 0 Å². The fraction of sp³-hybridized carbons (Fsp3) is 0.280. The van der Waals surface area contributed by atoms with E-state index in [-0.39, 0.29) is 16.8 Å². The third-order valence-electron chi connectivity index (χ3n) is 5.93. The Morgan fingerprint density at radius 1 is 0.971 bits per heavy atom. The summed E-state index contributed by atoms with van der Waals surface area (Å²) in [6.45, 7) is 4.18. The molecule has 178 valence electrons. The van der Waals surface area contributed by atoms with Gasteiger partial charge in [-0.25, -0.2) is 8.42 Å². The molecule has 0 bridgehead atoms. The van der Waals surface area contributed by atoms with E-state index in [1.54, 1.807) is 55.5 Å². The summed E-state index contributed by atoms with van der Waals surface area (Å²) in [7, 11) is -3.69. The second-order valence-corrected chi connectivity index (χ2v) is 11.2. The van der Waals surface area contributed by atoms with Gasteiger partial charge in [-0.05, 0) is 74.0 Å². The molecule has 2 aromatic carbocycles. The van der Waals surface area contributed by atoms with E-state index in [2.05, 4.69) is 10.6 Å². The van der Waals surface area contributed by atoms with Crippen molar-refractivity contribution < 1.29 is 18.0 Å². The number of aryl methyl sites for hydroxylation is 1. The van der Waals surface area contributed by atoms with Crippen LogP contribution in [0.15, 0.2) is 64.9 Å². The molecule has 3 aromatic rings. The highest BCUT2D eigenvalue weighted by Crippen LogP contribution is 2.27. The Kier molecular flexibility index (Phi) is 7.16. The number of sulfonamides is 1. The first-order valence-electron chi connectivity index (χ1n) is 11.1. The second-order valence-electron chi connectivity index (χ2n) is 8.40. The summed E-state index contributed by atoms with van der Waals surface area (Å²) in [6.07, 6.45) is 2.68. The topological polar surface area (TPSA) is 95.6 Å². The zero-order valence-corrected chi connectivity index (χ0v) is 20.7. The molecule has 1 unspecified atom stereocenters. The van der Waals surface area contributed by atoms with Crippen LogP contribution in [0.3, 0.4) is 0 Å². The van der Waals surface area contributed by atoms with Gasteiger partial charge >= 0.3 is 0 Å². The third kappa shape index (κ3) is 5.22. The number of piperidine rings is 1. The van der Waals surface area contributed by atoms with E-state index in [1.165, 1.54) is 21.7 Å². The number of carbonyl (C=O) groups excluding carboxylic acids is 2. The van der Waals surface area contributed by atoms with Crippen molar-refractivity contribution >= 4 is 44.5 Å². The minimum absolute atomic E-state index is 0.0653. The number of carbonyl (C=O) groups is 2. The number of anilines is 2. The van der Waals surface area contributed by atoms with Gasteiger partial charge in [-0.1, -0.05) is 24.6 Å². The number of nitrogens with one attached hydrogen (secondary N) is 2. The molecule has 2 N–H and O–H groups in total. The predicted molar refractivity (Wildman–Crippen MR) is 135 cm³/mol. The van der Waals surface area contributed by atoms with Crippen molar-refractivity contribution in [1.29, 1.82) is 0 Å². The summed E-state index contributed by atoms with van der Waals surface area (Å²) >= 11 is 1.34. The van der Waals surface area contributed by atoms with E-state index in [4.69, 9.17) is 0 Å². The summed E-state index contributed by atoms with van der Waals surface area (Å²) in [5, 5.41) is 7.46. The zero-order valence-electron chi connectivity index (χ0n) is 19.1. The van der Waals surface area contributed by atoms with Crippen LogP contribution in [0.25, 0.3) is 0 Å². The molecule has 9 heteroatoms. The van der Waals surface area contributed by atoms with Crippen LogP contribution in [0.2, 0.25) is 0 Å². The number of amides is 2. The summed E-state index contributed by atoms with van der Waals surface area (Å²) < 4.78 is 28.0. The maximum atomic E-state index is 13.2. The normalized spacial score (nSPS) is 16.7. The molecule has 2 amide bonds. The molecule has 1 aromatic heterocycles. The molecule has 7 nitrogen and oxygen atoms in total. The molecule has 1 atom stereocenters. The first-order valence-corrected chi connectivity index (χ1v) is 13.5. The maximum absolute atomic E-state index is 13.2. The van der Waals surface area contributed by atoms with Crippen molar-refractivity contribution in [2.45, 2.75) is 44.0 Å². The lowest BCUT2D eigenvalue weighted by molar-refractivity contribution is 0.102. The van der Waals surface area contributed by atoms with Gasteiger partial charge in [0.2, 0.25) is 10.0 Å². The molecule has 0 saturated carbocycles. The van der Waals surface area contributed by atoms with E-state index >= 15 is 0 Å². The van der Waals surface area contributed by atoms with Crippen molar-refractivity contribution in [1.82, 2.24) is 4.31 Å². The molecule has 0 radical (unpaired) electrons. The highest BCUT2D eigenvalue weighted by atomic mass is 32.2. The Bertz CT molecular complexity index is 1300. The fourth-order valence-electron chi connectivity index (χ4n) is 4.04. The molecule has 1 aliphatic heterocycles. The standard InChI is InChI=1S/C25H27N3O4S2/c1-17-11-12-21(34(31,32)28-13-4-3-7-18(28)2)16-22(17)24(29)26-19-8-5-9-20(15-19)27-25(30)23-10-6-14-33-23/h5-6,8-12,14-16,18H,3-4,7,13H2,1-2H3,(H,26,29)(H,27,30). The van der Waals surface area contributed by atoms with Crippen LogP contribution in [-0.4, -0.2) is 37.1 Å². The number of rotatable bonds is 6. The smallest absolute Gasteiger partial charge is 0.265 e. The van der Waals surface area contributed by atoms with Crippen LogP contribution in [0.1, 0.15) is 51.8 Å². The molecular weight excluding hydrogens is 470 g/mol. The molecule has 0 aliphatic carbocycles. The molecule has 0 spiro atoms. The molecule has 4 rings (SSSR count). The molecule has 34 heavy (non-hydrogen) atoms. The molecule has 1 saturated heterocycles.